The summed E-state index contributed by atoms with van der Waals surface area (Å²) in [5.41, 5.74) is 1.35. The lowest BCUT2D eigenvalue weighted by Gasteiger charge is -2.29. The Balaban J connectivity index is 1.45. The van der Waals surface area contributed by atoms with Gasteiger partial charge in [0.1, 0.15) is 22.4 Å². The van der Waals surface area contributed by atoms with Crippen molar-refractivity contribution < 1.29 is 19.1 Å². The first kappa shape index (κ1) is 19.6. The minimum atomic E-state index is -0.486. The number of benzene rings is 3. The smallest absolute Gasteiger partial charge is 0.420 e. The average molecular weight is 449 g/mol. The third kappa shape index (κ3) is 3.87. The number of carbonyl (C=O) groups excluding carboxylic acids is 2. The standard InChI is InChI=1S/C23H16N2O4S2/c26-21-20(31-22(30)24-21)13-14-8-9-19-17(12-14)25(10-11-28-19)23(27)29-18-7-3-5-15-4-1-2-6-16(15)18/h1-9,12-13H,10-11H2,(H,24,26,30)/b20-13+. The quantitative estimate of drug-likeness (QED) is 0.452. The molecular weight excluding hydrogens is 432 g/mol. The molecule has 3 aromatic carbocycles. The Morgan fingerprint density at radius 1 is 1.16 bits per heavy atom. The van der Waals surface area contributed by atoms with Crippen molar-refractivity contribution in [2.45, 2.75) is 0 Å². The lowest BCUT2D eigenvalue weighted by Crippen LogP contribution is -2.39. The van der Waals surface area contributed by atoms with Gasteiger partial charge in [0.15, 0.2) is 0 Å². The van der Waals surface area contributed by atoms with Gasteiger partial charge in [-0.1, -0.05) is 66.4 Å². The predicted octanol–water partition coefficient (Wildman–Crippen LogP) is 4.73. The second-order valence-corrected chi connectivity index (χ2v) is 8.64. The Labute approximate surface area is 187 Å². The number of thioether (sulfide) groups is 1. The van der Waals surface area contributed by atoms with Gasteiger partial charge in [-0.05, 0) is 35.2 Å². The molecule has 0 spiro atoms. The monoisotopic (exact) mass is 448 g/mol. The van der Waals surface area contributed by atoms with Crippen LogP contribution in [0, 0.1) is 0 Å². The fraction of sp³-hybridized carbons (Fsp3) is 0.0870. The number of carbonyl (C=O) groups is 2. The predicted molar refractivity (Wildman–Crippen MR) is 126 cm³/mol. The number of nitrogens with one attached hydrogen (secondary N) is 1. The third-order valence-corrected chi connectivity index (χ3v) is 6.12. The van der Waals surface area contributed by atoms with E-state index in [1.165, 1.54) is 11.8 Å². The van der Waals surface area contributed by atoms with Crippen LogP contribution >= 0.6 is 24.0 Å². The Morgan fingerprint density at radius 2 is 2.00 bits per heavy atom. The van der Waals surface area contributed by atoms with Crippen LogP contribution in [0.4, 0.5) is 10.5 Å². The molecule has 6 nitrogen and oxygen atoms in total. The topological polar surface area (TPSA) is 67.9 Å². The van der Waals surface area contributed by atoms with Gasteiger partial charge in [-0.3, -0.25) is 9.69 Å². The van der Waals surface area contributed by atoms with Gasteiger partial charge in [-0.25, -0.2) is 4.79 Å². The lowest BCUT2D eigenvalue weighted by molar-refractivity contribution is -0.115. The van der Waals surface area contributed by atoms with Gasteiger partial charge in [-0.15, -0.1) is 0 Å². The van der Waals surface area contributed by atoms with Crippen molar-refractivity contribution in [3.8, 4) is 11.5 Å². The summed E-state index contributed by atoms with van der Waals surface area (Å²) in [5, 5.41) is 4.46. The van der Waals surface area contributed by atoms with Crippen LogP contribution in [-0.4, -0.2) is 29.5 Å². The maximum atomic E-state index is 13.1. The summed E-state index contributed by atoms with van der Waals surface area (Å²) in [6, 6.07) is 18.8. The molecule has 0 atom stereocenters. The number of hydrogen-bond donors (Lipinski definition) is 1. The highest BCUT2D eigenvalue weighted by Gasteiger charge is 2.27. The second-order valence-electron chi connectivity index (χ2n) is 6.92. The molecule has 0 unspecified atom stereocenters. The molecule has 1 fully saturated rings. The highest BCUT2D eigenvalue weighted by Crippen LogP contribution is 2.35. The first-order chi connectivity index (χ1) is 15.1. The Hall–Kier alpha value is -3.36. The molecule has 1 N–H and O–H groups in total. The zero-order chi connectivity index (χ0) is 21.4. The number of rotatable bonds is 2. The normalized spacial score (nSPS) is 16.8. The van der Waals surface area contributed by atoms with Crippen molar-refractivity contribution in [1.29, 1.82) is 0 Å². The van der Waals surface area contributed by atoms with Crippen LogP contribution in [0.1, 0.15) is 5.56 Å². The van der Waals surface area contributed by atoms with Gasteiger partial charge < -0.3 is 14.8 Å². The highest BCUT2D eigenvalue weighted by atomic mass is 32.2. The van der Waals surface area contributed by atoms with Crippen molar-refractivity contribution in [2.75, 3.05) is 18.1 Å². The molecule has 0 aliphatic carbocycles. The number of hydrogen-bond acceptors (Lipinski definition) is 6. The summed E-state index contributed by atoms with van der Waals surface area (Å²) >= 11 is 6.25. The molecule has 0 bridgehead atoms. The van der Waals surface area contributed by atoms with E-state index in [2.05, 4.69) is 5.32 Å². The summed E-state index contributed by atoms with van der Waals surface area (Å²) in [6.45, 7) is 0.723. The van der Waals surface area contributed by atoms with E-state index in [0.29, 0.717) is 39.6 Å². The summed E-state index contributed by atoms with van der Waals surface area (Å²) < 4.78 is 11.9. The van der Waals surface area contributed by atoms with E-state index < -0.39 is 6.09 Å². The maximum Gasteiger partial charge on any atom is 0.420 e. The third-order valence-electron chi connectivity index (χ3n) is 4.95. The SMILES string of the molecule is O=C1NC(=S)S/C1=C/c1ccc2c(c1)N(C(=O)Oc1cccc3ccccc13)CCO2. The molecule has 31 heavy (non-hydrogen) atoms. The van der Waals surface area contributed by atoms with Crippen molar-refractivity contribution >= 4 is 62.8 Å². The van der Waals surface area contributed by atoms with Crippen LogP contribution in [0.25, 0.3) is 16.8 Å². The number of amides is 2. The summed E-state index contributed by atoms with van der Waals surface area (Å²) in [4.78, 5) is 27.1. The molecule has 8 heteroatoms. The molecule has 0 aromatic heterocycles. The van der Waals surface area contributed by atoms with Crippen molar-refractivity contribution in [2.24, 2.45) is 0 Å². The van der Waals surface area contributed by atoms with Crippen molar-refractivity contribution in [3.05, 3.63) is 71.1 Å². The molecule has 3 aromatic rings. The number of nitrogens with zero attached hydrogens (tertiary/aromatic N) is 1. The first-order valence-electron chi connectivity index (χ1n) is 9.57. The van der Waals surface area contributed by atoms with Crippen LogP contribution in [0.3, 0.4) is 0 Å². The molecule has 5 rings (SSSR count). The average Bonchev–Trinajstić information content (AvgIpc) is 3.10. The largest absolute Gasteiger partial charge is 0.490 e. The van der Waals surface area contributed by atoms with Crippen LogP contribution in [0.5, 0.6) is 11.5 Å². The van der Waals surface area contributed by atoms with Gasteiger partial charge in [-0.2, -0.15) is 0 Å². The minimum absolute atomic E-state index is 0.226. The maximum absolute atomic E-state index is 13.1. The van der Waals surface area contributed by atoms with Gasteiger partial charge in [0.25, 0.3) is 5.91 Å². The van der Waals surface area contributed by atoms with E-state index >= 15 is 0 Å². The van der Waals surface area contributed by atoms with Crippen LogP contribution in [0.15, 0.2) is 65.6 Å². The molecule has 2 heterocycles. The molecule has 1 saturated heterocycles. The summed E-state index contributed by atoms with van der Waals surface area (Å²) in [7, 11) is 0. The highest BCUT2D eigenvalue weighted by molar-refractivity contribution is 8.26. The van der Waals surface area contributed by atoms with E-state index in [0.717, 1.165) is 16.3 Å². The molecule has 2 aliphatic rings. The fourth-order valence-electron chi connectivity index (χ4n) is 3.52. The van der Waals surface area contributed by atoms with E-state index in [4.69, 9.17) is 21.7 Å². The van der Waals surface area contributed by atoms with Crippen LogP contribution in [0.2, 0.25) is 0 Å². The zero-order valence-electron chi connectivity index (χ0n) is 16.2. The molecule has 0 saturated carbocycles. The van der Waals surface area contributed by atoms with E-state index in [1.807, 2.05) is 42.5 Å². The van der Waals surface area contributed by atoms with E-state index in [9.17, 15) is 9.59 Å². The Bertz CT molecular complexity index is 1270. The number of ether oxygens (including phenoxy) is 2. The molecule has 2 aliphatic heterocycles. The van der Waals surface area contributed by atoms with E-state index in [-0.39, 0.29) is 5.91 Å². The van der Waals surface area contributed by atoms with Gasteiger partial charge >= 0.3 is 6.09 Å². The second kappa shape index (κ2) is 8.05. The first-order valence-corrected chi connectivity index (χ1v) is 10.8. The van der Waals surface area contributed by atoms with E-state index in [1.54, 1.807) is 29.2 Å². The number of thiocarbonyl (C=S) groups is 1. The molecule has 154 valence electrons. The molecule has 2 amide bonds. The van der Waals surface area contributed by atoms with Crippen LogP contribution < -0.4 is 19.7 Å². The lowest BCUT2D eigenvalue weighted by atomic mass is 10.1. The molecule has 0 radical (unpaired) electrons. The summed E-state index contributed by atoms with van der Waals surface area (Å²) in [6.07, 6.45) is 1.25. The van der Waals surface area contributed by atoms with Gasteiger partial charge in [0, 0.05) is 5.39 Å². The number of anilines is 1. The number of fused-ring (bicyclic) bond motifs is 2. The minimum Gasteiger partial charge on any atom is -0.490 e. The van der Waals surface area contributed by atoms with Crippen molar-refractivity contribution in [3.63, 3.8) is 0 Å². The van der Waals surface area contributed by atoms with Crippen LogP contribution in [-0.2, 0) is 4.79 Å². The Kier molecular flexibility index (Phi) is 5.09. The van der Waals surface area contributed by atoms with Crippen molar-refractivity contribution in [1.82, 2.24) is 5.32 Å². The van der Waals surface area contributed by atoms with Gasteiger partial charge in [0.2, 0.25) is 0 Å². The molecular formula is C23H16N2O4S2. The summed E-state index contributed by atoms with van der Waals surface area (Å²) in [5.74, 6) is 0.862. The zero-order valence-corrected chi connectivity index (χ0v) is 17.8. The fourth-order valence-corrected chi connectivity index (χ4v) is 4.56. The Morgan fingerprint density at radius 3 is 2.84 bits per heavy atom. The van der Waals surface area contributed by atoms with Gasteiger partial charge in [0.05, 0.1) is 17.1 Å².